The van der Waals surface area contributed by atoms with E-state index in [1.54, 1.807) is 4.90 Å². The molecule has 0 aromatic rings. The van der Waals surface area contributed by atoms with Crippen LogP contribution in [0.1, 0.15) is 32.1 Å². The number of hydrogen-bond donors (Lipinski definition) is 2. The Morgan fingerprint density at radius 2 is 1.78 bits per heavy atom. The molecule has 4 amide bonds. The van der Waals surface area contributed by atoms with Gasteiger partial charge in [0.1, 0.15) is 6.54 Å². The first-order valence-electron chi connectivity index (χ1n) is 9.36. The normalized spacial score (nSPS) is 29.6. The number of amides is 4. The summed E-state index contributed by atoms with van der Waals surface area (Å²) in [5.41, 5.74) is -1.03. The van der Waals surface area contributed by atoms with Gasteiger partial charge in [0.25, 0.3) is 11.8 Å². The second-order valence-corrected chi connectivity index (χ2v) is 7.73. The van der Waals surface area contributed by atoms with Gasteiger partial charge in [0.15, 0.2) is 0 Å². The molecule has 2 N–H and O–H groups in total. The van der Waals surface area contributed by atoms with Gasteiger partial charge in [-0.05, 0) is 19.3 Å². The number of piperidine rings is 1. The van der Waals surface area contributed by atoms with Crippen LogP contribution in [0.2, 0.25) is 0 Å². The molecule has 0 radical (unpaired) electrons. The number of urea groups is 1. The lowest BCUT2D eigenvalue weighted by Gasteiger charge is -2.37. The molecule has 3 fully saturated rings. The Balaban J connectivity index is 1.51. The summed E-state index contributed by atoms with van der Waals surface area (Å²) in [5.74, 6) is -3.38. The third-order valence-electron chi connectivity index (χ3n) is 5.61. The smallest absolute Gasteiger partial charge is 0.325 e. The predicted octanol–water partition coefficient (Wildman–Crippen LogP) is 0.0129. The number of nitrogens with zero attached hydrogens (tertiary/aromatic N) is 3. The number of hydrogen-bond acceptors (Lipinski definition) is 5. The summed E-state index contributed by atoms with van der Waals surface area (Å²) in [7, 11) is 0. The van der Waals surface area contributed by atoms with Crippen LogP contribution in [0.5, 0.6) is 0 Å². The molecule has 3 aliphatic heterocycles. The van der Waals surface area contributed by atoms with Crippen LogP contribution in [0.15, 0.2) is 0 Å². The minimum absolute atomic E-state index is 0.0965. The highest BCUT2D eigenvalue weighted by atomic mass is 19.3. The second-order valence-electron chi connectivity index (χ2n) is 7.73. The van der Waals surface area contributed by atoms with Crippen LogP contribution in [-0.2, 0) is 9.59 Å². The minimum Gasteiger partial charge on any atom is -0.388 e. The molecule has 0 aromatic heterocycles. The molecule has 0 aliphatic carbocycles. The number of carbonyl (C=O) groups is 3. The quantitative estimate of drug-likeness (QED) is 0.662. The van der Waals surface area contributed by atoms with Crippen LogP contribution in [-0.4, -0.2) is 95.0 Å². The molecular formula is C17H26F2N4O4. The molecule has 1 atom stereocenters. The summed E-state index contributed by atoms with van der Waals surface area (Å²) in [5, 5.41) is 13.3. The zero-order chi connectivity index (χ0) is 19.7. The molecule has 0 saturated carbocycles. The maximum Gasteiger partial charge on any atom is 0.325 e. The van der Waals surface area contributed by atoms with Crippen molar-refractivity contribution in [2.24, 2.45) is 0 Å². The van der Waals surface area contributed by atoms with E-state index >= 15 is 0 Å². The van der Waals surface area contributed by atoms with Crippen molar-refractivity contribution in [2.45, 2.75) is 43.6 Å². The van der Waals surface area contributed by atoms with Crippen LogP contribution in [0, 0.1) is 0 Å². The molecule has 0 spiro atoms. The van der Waals surface area contributed by atoms with Crippen molar-refractivity contribution in [2.75, 3.05) is 45.8 Å². The van der Waals surface area contributed by atoms with E-state index < -0.39 is 23.5 Å². The highest BCUT2D eigenvalue weighted by molar-refractivity contribution is 6.04. The van der Waals surface area contributed by atoms with Gasteiger partial charge in [0.05, 0.1) is 12.1 Å². The molecule has 0 bridgehead atoms. The van der Waals surface area contributed by atoms with Gasteiger partial charge in [-0.25, -0.2) is 13.6 Å². The van der Waals surface area contributed by atoms with Crippen molar-refractivity contribution in [3.8, 4) is 0 Å². The van der Waals surface area contributed by atoms with E-state index in [1.165, 1.54) is 0 Å². The first-order chi connectivity index (χ1) is 12.7. The Morgan fingerprint density at radius 1 is 1.07 bits per heavy atom. The largest absolute Gasteiger partial charge is 0.388 e. The third kappa shape index (κ3) is 4.92. The Labute approximate surface area is 156 Å². The lowest BCUT2D eigenvalue weighted by molar-refractivity contribution is -0.136. The van der Waals surface area contributed by atoms with E-state index in [9.17, 15) is 28.3 Å². The first kappa shape index (κ1) is 19.9. The van der Waals surface area contributed by atoms with Gasteiger partial charge in [-0.1, -0.05) is 0 Å². The average molecular weight is 388 g/mol. The number of aliphatic hydroxyl groups is 1. The third-order valence-corrected chi connectivity index (χ3v) is 5.61. The first-order valence-corrected chi connectivity index (χ1v) is 9.36. The molecule has 3 aliphatic rings. The van der Waals surface area contributed by atoms with E-state index in [4.69, 9.17) is 0 Å². The molecule has 8 nitrogen and oxygen atoms in total. The monoisotopic (exact) mass is 388 g/mol. The van der Waals surface area contributed by atoms with Crippen LogP contribution in [0.25, 0.3) is 0 Å². The zero-order valence-corrected chi connectivity index (χ0v) is 15.3. The van der Waals surface area contributed by atoms with Crippen LogP contribution in [0.4, 0.5) is 13.6 Å². The highest BCUT2D eigenvalue weighted by Crippen LogP contribution is 2.30. The summed E-state index contributed by atoms with van der Waals surface area (Å²) >= 11 is 0. The molecule has 10 heteroatoms. The second kappa shape index (κ2) is 7.67. The lowest BCUT2D eigenvalue weighted by atomic mass is 9.93. The van der Waals surface area contributed by atoms with E-state index in [0.29, 0.717) is 38.9 Å². The van der Waals surface area contributed by atoms with Gasteiger partial charge >= 0.3 is 6.03 Å². The zero-order valence-electron chi connectivity index (χ0n) is 15.3. The number of imide groups is 1. The van der Waals surface area contributed by atoms with Crippen molar-refractivity contribution in [3.05, 3.63) is 0 Å². The Kier molecular flexibility index (Phi) is 5.66. The molecule has 152 valence electrons. The van der Waals surface area contributed by atoms with Gasteiger partial charge in [0, 0.05) is 45.6 Å². The maximum atomic E-state index is 13.3. The number of rotatable bonds is 4. The predicted molar refractivity (Wildman–Crippen MR) is 91.1 cm³/mol. The number of nitrogens with one attached hydrogen (secondary N) is 1. The lowest BCUT2D eigenvalue weighted by Crippen LogP contribution is -2.49. The number of β-amino-alcohol motifs (C(OH)–C–C–N with tert-alkyl or cyclic N) is 1. The fraction of sp³-hybridized carbons (Fsp3) is 0.824. The van der Waals surface area contributed by atoms with E-state index in [1.807, 2.05) is 4.90 Å². The average Bonchev–Trinajstić information content (AvgIpc) is 2.81. The summed E-state index contributed by atoms with van der Waals surface area (Å²) in [6.45, 7) is 1.17. The van der Waals surface area contributed by atoms with Crippen molar-refractivity contribution in [3.63, 3.8) is 0 Å². The van der Waals surface area contributed by atoms with Crippen molar-refractivity contribution in [1.82, 2.24) is 20.0 Å². The Morgan fingerprint density at radius 3 is 2.41 bits per heavy atom. The molecule has 3 heterocycles. The standard InChI is InChI=1S/C17H26F2N4O4/c18-17(19)4-7-21(8-5-17)12-16(27)2-1-6-22(9-3-16)14(25)11-23-13(24)10-20-15(23)26/h27H,1-12H2,(H,20,26)/t16-/m1/s1. The van der Waals surface area contributed by atoms with Crippen LogP contribution in [0.3, 0.4) is 0 Å². The Bertz CT molecular complexity index is 592. The Hall–Kier alpha value is -1.81. The molecule has 3 rings (SSSR count). The number of alkyl halides is 2. The molecule has 0 unspecified atom stereocenters. The van der Waals surface area contributed by atoms with E-state index in [2.05, 4.69) is 5.32 Å². The summed E-state index contributed by atoms with van der Waals surface area (Å²) < 4.78 is 26.6. The van der Waals surface area contributed by atoms with Crippen molar-refractivity contribution in [1.29, 1.82) is 0 Å². The maximum absolute atomic E-state index is 13.3. The highest BCUT2D eigenvalue weighted by Gasteiger charge is 2.39. The van der Waals surface area contributed by atoms with Gasteiger partial charge in [-0.3, -0.25) is 14.5 Å². The fourth-order valence-corrected chi connectivity index (χ4v) is 3.89. The molecular weight excluding hydrogens is 362 g/mol. The topological polar surface area (TPSA) is 93.2 Å². The van der Waals surface area contributed by atoms with Crippen LogP contribution < -0.4 is 5.32 Å². The minimum atomic E-state index is -2.62. The molecule has 27 heavy (non-hydrogen) atoms. The summed E-state index contributed by atoms with van der Waals surface area (Å²) in [4.78, 5) is 39.9. The number of halogens is 2. The number of carbonyl (C=O) groups excluding carboxylic acids is 3. The van der Waals surface area contributed by atoms with Crippen molar-refractivity contribution < 1.29 is 28.3 Å². The summed E-state index contributed by atoms with van der Waals surface area (Å²) in [6.07, 6.45) is 1.00. The fourth-order valence-electron chi connectivity index (χ4n) is 3.89. The van der Waals surface area contributed by atoms with E-state index in [0.717, 1.165) is 4.90 Å². The van der Waals surface area contributed by atoms with E-state index in [-0.39, 0.29) is 44.9 Å². The molecule has 0 aromatic carbocycles. The van der Waals surface area contributed by atoms with Crippen molar-refractivity contribution >= 4 is 17.8 Å². The SMILES string of the molecule is O=C(CN1C(=O)CNC1=O)N1CCC[C@](O)(CN2CCC(F)(F)CC2)CC1. The van der Waals surface area contributed by atoms with Gasteiger partial charge in [-0.15, -0.1) is 0 Å². The summed E-state index contributed by atoms with van der Waals surface area (Å²) in [6, 6.07) is -0.568. The van der Waals surface area contributed by atoms with Gasteiger partial charge < -0.3 is 20.2 Å². The van der Waals surface area contributed by atoms with Gasteiger partial charge in [0.2, 0.25) is 5.91 Å². The van der Waals surface area contributed by atoms with Gasteiger partial charge in [-0.2, -0.15) is 0 Å². The number of likely N-dealkylation sites (tertiary alicyclic amines) is 2. The van der Waals surface area contributed by atoms with Crippen LogP contribution >= 0.6 is 0 Å². The molecule has 3 saturated heterocycles.